The summed E-state index contributed by atoms with van der Waals surface area (Å²) in [5.41, 5.74) is 2.81. The van der Waals surface area contributed by atoms with E-state index >= 15 is 0 Å². The van der Waals surface area contributed by atoms with Crippen molar-refractivity contribution >= 4 is 17.6 Å². The van der Waals surface area contributed by atoms with E-state index in [-0.39, 0.29) is 86.5 Å². The molecule has 11 nitrogen and oxygen atoms in total. The fraction of sp³-hybridized carbons (Fsp3) is 0.706. The number of rotatable bonds is 4. The van der Waals surface area contributed by atoms with Gasteiger partial charge in [-0.2, -0.15) is 0 Å². The number of benzene rings is 2. The molecule has 6 saturated carbocycles. The average molecular weight is 851 g/mol. The zero-order valence-corrected chi connectivity index (χ0v) is 38.4. The van der Waals surface area contributed by atoms with E-state index in [0.717, 1.165) is 82.1 Å². The maximum Gasteiger partial charge on any atom is 0.219 e. The van der Waals surface area contributed by atoms with Gasteiger partial charge in [0.05, 0.1) is 11.5 Å². The first-order valence-electron chi connectivity index (χ1n) is 23.4. The van der Waals surface area contributed by atoms with E-state index in [4.69, 9.17) is 18.9 Å². The average Bonchev–Trinajstić information content (AvgIpc) is 3.78. The number of aromatic hydroxyl groups is 1. The van der Waals surface area contributed by atoms with Gasteiger partial charge in [-0.15, -0.1) is 0 Å². The first kappa shape index (κ1) is 41.1. The van der Waals surface area contributed by atoms with Crippen LogP contribution in [0.1, 0.15) is 128 Å². The molecule has 13 atom stereocenters. The Balaban J connectivity index is 0.000000140. The predicted molar refractivity (Wildman–Crippen MR) is 230 cm³/mol. The number of aliphatic hydroxyl groups is 1. The van der Waals surface area contributed by atoms with Crippen LogP contribution in [0, 0.1) is 35.0 Å². The van der Waals surface area contributed by atoms with Crippen molar-refractivity contribution in [2.45, 2.75) is 172 Å². The molecule has 12 aliphatic rings. The van der Waals surface area contributed by atoms with E-state index in [9.17, 15) is 24.6 Å². The molecule has 8 aliphatic carbocycles. The third-order valence-corrected chi connectivity index (χ3v) is 20.4. The van der Waals surface area contributed by atoms with Crippen LogP contribution in [0.5, 0.6) is 17.2 Å². The molecule has 2 aromatic carbocycles. The molecule has 8 fully saturated rings. The molecule has 0 aromatic heterocycles. The minimum atomic E-state index is -1.01. The summed E-state index contributed by atoms with van der Waals surface area (Å²) in [6.07, 6.45) is 7.99. The molecular formula is C51H66N2O9. The van der Waals surface area contributed by atoms with Crippen LogP contribution < -0.4 is 9.47 Å². The Morgan fingerprint density at radius 3 is 1.74 bits per heavy atom. The van der Waals surface area contributed by atoms with Crippen LogP contribution in [-0.2, 0) is 47.5 Å². The summed E-state index contributed by atoms with van der Waals surface area (Å²) >= 11 is 0. The standard InChI is InChI=1S/C27H37NO5.C24H29NO4/c1-15(29)28-12-11-26-20-16-7-8-17(30)21(20)33-22(26)27(32-6)10-9-25(26,19(28)13-16)14-18(27)24(5,31)23(2,3)4;1-13-5-6-16-11-18-22-7-8-24(28-4,17(12-22)14(2)26)21-23(22,19(16)20(13)29-21)9-10-25(18)15(3)27/h7-8,18-19,22,30-31H,9-14H2,1-6H3;5-6,17-18,21H,7-12H2,1-4H3/t18-,19-,22-,24+,25-,26+,27-;17-,18-,21-,22-,23+,24-/m11/s1. The summed E-state index contributed by atoms with van der Waals surface area (Å²) in [7, 11) is 3.52. The molecule has 11 heteroatoms. The number of Topliss-reactive ketones (excluding diaryl/α,β-unsaturated/α-hetero) is 1. The van der Waals surface area contributed by atoms with Gasteiger partial charge in [-0.25, -0.2) is 0 Å². The third-order valence-electron chi connectivity index (χ3n) is 20.4. The van der Waals surface area contributed by atoms with E-state index < -0.39 is 16.8 Å². The van der Waals surface area contributed by atoms with Gasteiger partial charge < -0.3 is 39.0 Å². The number of nitrogens with zero attached hydrogens (tertiary/aromatic N) is 2. The second kappa shape index (κ2) is 12.4. The number of phenolic OH excluding ortho intramolecular Hbond substituents is 1. The van der Waals surface area contributed by atoms with Crippen molar-refractivity contribution in [1.82, 2.24) is 9.80 Å². The van der Waals surface area contributed by atoms with Crippen molar-refractivity contribution in [3.63, 3.8) is 0 Å². The van der Waals surface area contributed by atoms with Crippen molar-refractivity contribution < 1.29 is 43.5 Å². The Bertz CT molecular complexity index is 2350. The molecule has 0 radical (unpaired) electrons. The van der Waals surface area contributed by atoms with Crippen LogP contribution in [0.25, 0.3) is 0 Å². The number of hydrogen-bond acceptors (Lipinski definition) is 9. The quantitative estimate of drug-likeness (QED) is 0.354. The van der Waals surface area contributed by atoms with E-state index in [1.807, 2.05) is 13.0 Å². The summed E-state index contributed by atoms with van der Waals surface area (Å²) < 4.78 is 26.3. The van der Waals surface area contributed by atoms with Crippen LogP contribution in [-0.4, -0.2) is 106 Å². The van der Waals surface area contributed by atoms with Crippen molar-refractivity contribution in [1.29, 1.82) is 0 Å². The highest BCUT2D eigenvalue weighted by molar-refractivity contribution is 5.82. The van der Waals surface area contributed by atoms with E-state index in [1.54, 1.807) is 41.1 Å². The number of carbonyl (C=O) groups excluding carboxylic acids is 3. The van der Waals surface area contributed by atoms with Crippen molar-refractivity contribution in [3.8, 4) is 17.2 Å². The molecule has 14 rings (SSSR count). The Kier molecular flexibility index (Phi) is 8.18. The molecule has 2 aromatic rings. The molecule has 2 amide bonds. The van der Waals surface area contributed by atoms with Gasteiger partial charge in [0.2, 0.25) is 11.8 Å². The first-order chi connectivity index (χ1) is 29.2. The van der Waals surface area contributed by atoms with Crippen molar-refractivity contribution in [2.75, 3.05) is 27.3 Å². The number of ketones is 1. The monoisotopic (exact) mass is 850 g/mol. The number of carbonyl (C=O) groups is 3. The second-order valence-corrected chi connectivity index (χ2v) is 22.6. The fourth-order valence-electron chi connectivity index (χ4n) is 17.5. The summed E-state index contributed by atoms with van der Waals surface area (Å²) in [6.45, 7) is 16.9. The van der Waals surface area contributed by atoms with Crippen molar-refractivity contribution in [3.05, 3.63) is 52.1 Å². The van der Waals surface area contributed by atoms with Crippen LogP contribution in [0.3, 0.4) is 0 Å². The molecule has 4 spiro atoms. The van der Waals surface area contributed by atoms with Crippen molar-refractivity contribution in [2.24, 2.45) is 28.1 Å². The van der Waals surface area contributed by atoms with E-state index in [1.165, 1.54) is 22.3 Å². The van der Waals surface area contributed by atoms with Gasteiger partial charge in [-0.05, 0) is 113 Å². The molecule has 4 aliphatic heterocycles. The Hall–Kier alpha value is -3.67. The fourth-order valence-corrected chi connectivity index (χ4v) is 17.5. The minimum absolute atomic E-state index is 0.0614. The first-order valence-corrected chi connectivity index (χ1v) is 23.4. The predicted octanol–water partition coefficient (Wildman–Crippen LogP) is 6.50. The molecule has 4 heterocycles. The zero-order valence-electron chi connectivity index (χ0n) is 38.4. The van der Waals surface area contributed by atoms with E-state index in [0.29, 0.717) is 12.3 Å². The maximum atomic E-state index is 12.9. The molecular weight excluding hydrogens is 785 g/mol. The van der Waals surface area contributed by atoms with Gasteiger partial charge in [0.15, 0.2) is 11.5 Å². The van der Waals surface area contributed by atoms with Gasteiger partial charge in [0, 0.05) is 91.9 Å². The lowest BCUT2D eigenvalue weighted by Gasteiger charge is -2.75. The SMILES string of the molecule is CO[C@]12CC[C@@]3(C[C@@H]1C(C)=O)[C@H]1Cc4ccc(C)c5c4[C@@]3(CCN1C(C)=O)[C@H]2O5.CO[C@]12CC[C@@]3(C[C@@H]1[C@](C)(O)C(C)(C)C)[C@H]1Cc4ccc(O)c5c4[C@@]3(CCN1C(C)=O)[C@H]2O5. The van der Waals surface area contributed by atoms with Crippen LogP contribution in [0.2, 0.25) is 0 Å². The van der Waals surface area contributed by atoms with Crippen LogP contribution in [0.15, 0.2) is 24.3 Å². The Morgan fingerprint density at radius 2 is 1.21 bits per heavy atom. The van der Waals surface area contributed by atoms with E-state index in [2.05, 4.69) is 49.6 Å². The number of aryl methyl sites for hydroxylation is 1. The second-order valence-electron chi connectivity index (χ2n) is 22.6. The molecule has 8 bridgehead atoms. The summed E-state index contributed by atoms with van der Waals surface area (Å²) in [5, 5.41) is 23.0. The number of fused-ring (bicyclic) bond motifs is 4. The smallest absolute Gasteiger partial charge is 0.219 e. The minimum Gasteiger partial charge on any atom is -0.504 e. The zero-order chi connectivity index (χ0) is 44.1. The largest absolute Gasteiger partial charge is 0.504 e. The number of methoxy groups -OCH3 is 2. The number of likely N-dealkylation sites (tertiary alicyclic amines) is 2. The highest BCUT2D eigenvalue weighted by atomic mass is 16.6. The summed E-state index contributed by atoms with van der Waals surface area (Å²) in [4.78, 5) is 42.5. The third kappa shape index (κ3) is 4.25. The van der Waals surface area contributed by atoms with Gasteiger partial charge in [-0.3, -0.25) is 14.4 Å². The van der Waals surface area contributed by atoms with Gasteiger partial charge in [-0.1, -0.05) is 39.0 Å². The lowest BCUT2D eigenvalue weighted by Crippen LogP contribution is -2.83. The number of piperidine rings is 2. The topological polar surface area (TPSA) is 135 Å². The number of ether oxygens (including phenoxy) is 4. The highest BCUT2D eigenvalue weighted by Crippen LogP contribution is 2.79. The van der Waals surface area contributed by atoms with Crippen LogP contribution >= 0.6 is 0 Å². The summed E-state index contributed by atoms with van der Waals surface area (Å²) in [6, 6.07) is 8.35. The number of hydrogen-bond donors (Lipinski definition) is 2. The summed E-state index contributed by atoms with van der Waals surface area (Å²) in [5.74, 6) is 1.95. The van der Waals surface area contributed by atoms with Gasteiger partial charge >= 0.3 is 0 Å². The Morgan fingerprint density at radius 1 is 0.710 bits per heavy atom. The number of amides is 2. The van der Waals surface area contributed by atoms with Crippen LogP contribution in [0.4, 0.5) is 0 Å². The molecule has 2 N–H and O–H groups in total. The number of phenols is 1. The lowest BCUT2D eigenvalue weighted by atomic mass is 9.33. The van der Waals surface area contributed by atoms with Gasteiger partial charge in [0.1, 0.15) is 34.9 Å². The highest BCUT2D eigenvalue weighted by Gasteiger charge is 2.84. The van der Waals surface area contributed by atoms with Gasteiger partial charge in [0.25, 0.3) is 0 Å². The lowest BCUT2D eigenvalue weighted by molar-refractivity contribution is -0.310. The molecule has 0 unspecified atom stereocenters. The molecule has 62 heavy (non-hydrogen) atoms. The molecule has 334 valence electrons. The Labute approximate surface area is 366 Å². The maximum absolute atomic E-state index is 12.9. The molecule has 2 saturated heterocycles. The normalized spacial score (nSPS) is 42.4.